The molecule has 1 aromatic carbocycles. The molecule has 0 saturated carbocycles. The summed E-state index contributed by atoms with van der Waals surface area (Å²) >= 11 is 5.86. The van der Waals surface area contributed by atoms with Crippen LogP contribution < -0.4 is 5.32 Å². The van der Waals surface area contributed by atoms with E-state index in [-0.39, 0.29) is 10.7 Å². The van der Waals surface area contributed by atoms with Gasteiger partial charge in [0.05, 0.1) is 16.3 Å². The molecule has 0 aliphatic carbocycles. The number of alkyl halides is 3. The Labute approximate surface area is 126 Å². The maximum absolute atomic E-state index is 12.7. The molecule has 116 valence electrons. The maximum Gasteiger partial charge on any atom is 0.416 e. The van der Waals surface area contributed by atoms with Crippen LogP contribution in [0.4, 0.5) is 23.7 Å². The molecule has 0 atom stereocenters. The Morgan fingerprint density at radius 1 is 1.14 bits per heavy atom. The van der Waals surface area contributed by atoms with Gasteiger partial charge in [0, 0.05) is 13.1 Å². The lowest BCUT2D eigenvalue weighted by atomic mass is 10.2. The molecular weight excluding hydrogens is 305 g/mol. The summed E-state index contributed by atoms with van der Waals surface area (Å²) in [5.74, 6) is 0. The molecule has 0 spiro atoms. The molecule has 1 N–H and O–H groups in total. The average Bonchev–Trinajstić information content (AvgIpc) is 2.68. The van der Waals surface area contributed by atoms with Crippen molar-refractivity contribution in [1.82, 2.24) is 4.90 Å². The molecule has 1 aliphatic rings. The highest BCUT2D eigenvalue weighted by molar-refractivity contribution is 6.33. The number of urea groups is 1. The van der Waals surface area contributed by atoms with E-state index in [1.807, 2.05) is 0 Å². The summed E-state index contributed by atoms with van der Waals surface area (Å²) in [5.41, 5.74) is -0.848. The molecule has 1 saturated heterocycles. The predicted molar refractivity (Wildman–Crippen MR) is 75.5 cm³/mol. The summed E-state index contributed by atoms with van der Waals surface area (Å²) in [4.78, 5) is 13.7. The normalized spacial score (nSPS) is 16.5. The summed E-state index contributed by atoms with van der Waals surface area (Å²) in [5, 5.41) is 2.56. The summed E-state index contributed by atoms with van der Waals surface area (Å²) in [6.07, 6.45) is -0.525. The van der Waals surface area contributed by atoms with E-state index >= 15 is 0 Å². The van der Waals surface area contributed by atoms with E-state index in [1.54, 1.807) is 4.90 Å². The van der Waals surface area contributed by atoms with E-state index in [1.165, 1.54) is 0 Å². The summed E-state index contributed by atoms with van der Waals surface area (Å²) in [6, 6.07) is 2.49. The highest BCUT2D eigenvalue weighted by atomic mass is 35.5. The van der Waals surface area contributed by atoms with Gasteiger partial charge in [0.2, 0.25) is 0 Å². The predicted octanol–water partition coefficient (Wildman–Crippen LogP) is 4.77. The average molecular weight is 321 g/mol. The van der Waals surface area contributed by atoms with Gasteiger partial charge in [0.25, 0.3) is 0 Å². The largest absolute Gasteiger partial charge is 0.416 e. The minimum absolute atomic E-state index is 0.0132. The van der Waals surface area contributed by atoms with Gasteiger partial charge in [0.15, 0.2) is 0 Å². The van der Waals surface area contributed by atoms with Crippen molar-refractivity contribution < 1.29 is 18.0 Å². The van der Waals surface area contributed by atoms with Crippen molar-refractivity contribution in [3.8, 4) is 0 Å². The monoisotopic (exact) mass is 320 g/mol. The number of nitrogens with one attached hydrogen (secondary N) is 1. The zero-order valence-corrected chi connectivity index (χ0v) is 12.1. The number of amides is 2. The zero-order chi connectivity index (χ0) is 15.5. The number of carbonyl (C=O) groups is 1. The second-order valence-electron chi connectivity index (χ2n) is 5.02. The molecule has 0 aromatic heterocycles. The first-order valence-electron chi connectivity index (χ1n) is 6.80. The van der Waals surface area contributed by atoms with Gasteiger partial charge in [-0.3, -0.25) is 0 Å². The Balaban J connectivity index is 2.12. The van der Waals surface area contributed by atoms with Crippen LogP contribution in [-0.2, 0) is 6.18 Å². The topological polar surface area (TPSA) is 32.3 Å². The molecule has 7 heteroatoms. The van der Waals surface area contributed by atoms with Crippen LogP contribution in [0.1, 0.15) is 31.2 Å². The second-order valence-corrected chi connectivity index (χ2v) is 5.43. The van der Waals surface area contributed by atoms with E-state index < -0.39 is 17.8 Å². The zero-order valence-electron chi connectivity index (χ0n) is 11.3. The number of likely N-dealkylation sites (tertiary alicyclic amines) is 1. The van der Waals surface area contributed by atoms with E-state index in [9.17, 15) is 18.0 Å². The van der Waals surface area contributed by atoms with E-state index in [2.05, 4.69) is 5.32 Å². The van der Waals surface area contributed by atoms with Crippen LogP contribution in [0.5, 0.6) is 0 Å². The minimum Gasteiger partial charge on any atom is -0.325 e. The van der Waals surface area contributed by atoms with E-state index in [0.717, 1.165) is 43.9 Å². The van der Waals surface area contributed by atoms with Crippen molar-refractivity contribution in [1.29, 1.82) is 0 Å². The molecule has 2 rings (SSSR count). The summed E-state index contributed by atoms with van der Waals surface area (Å²) in [6.45, 7) is 1.23. The van der Waals surface area contributed by atoms with Crippen molar-refractivity contribution in [3.05, 3.63) is 28.8 Å². The molecule has 1 heterocycles. The third kappa shape index (κ3) is 4.27. The van der Waals surface area contributed by atoms with E-state index in [4.69, 9.17) is 11.6 Å². The van der Waals surface area contributed by atoms with Gasteiger partial charge >= 0.3 is 12.2 Å². The van der Waals surface area contributed by atoms with Crippen LogP contribution in [0, 0.1) is 0 Å². The lowest BCUT2D eigenvalue weighted by Crippen LogP contribution is -2.35. The van der Waals surface area contributed by atoms with Gasteiger partial charge in [-0.05, 0) is 31.0 Å². The van der Waals surface area contributed by atoms with Crippen molar-refractivity contribution in [2.75, 3.05) is 18.4 Å². The number of anilines is 1. The molecular formula is C14H16ClF3N2O. The van der Waals surface area contributed by atoms with Gasteiger partial charge in [0.1, 0.15) is 0 Å². The molecule has 1 fully saturated rings. The number of carbonyl (C=O) groups excluding carboxylic acids is 1. The first kappa shape index (κ1) is 15.9. The number of nitrogens with zero attached hydrogens (tertiary/aromatic N) is 1. The first-order chi connectivity index (χ1) is 9.88. The molecule has 3 nitrogen and oxygen atoms in total. The SMILES string of the molecule is O=C(Nc1cc(C(F)(F)F)ccc1Cl)N1CCCCCC1. The minimum atomic E-state index is -4.47. The Kier molecular flexibility index (Phi) is 4.98. The van der Waals surface area contributed by atoms with Crippen LogP contribution >= 0.6 is 11.6 Å². The molecule has 21 heavy (non-hydrogen) atoms. The fourth-order valence-electron chi connectivity index (χ4n) is 2.27. The third-order valence-electron chi connectivity index (χ3n) is 3.43. The lowest BCUT2D eigenvalue weighted by molar-refractivity contribution is -0.137. The Morgan fingerprint density at radius 3 is 2.33 bits per heavy atom. The lowest BCUT2D eigenvalue weighted by Gasteiger charge is -2.21. The van der Waals surface area contributed by atoms with Crippen molar-refractivity contribution >= 4 is 23.3 Å². The van der Waals surface area contributed by atoms with Crippen LogP contribution in [-0.4, -0.2) is 24.0 Å². The molecule has 0 bridgehead atoms. The van der Waals surface area contributed by atoms with Gasteiger partial charge < -0.3 is 10.2 Å². The quantitative estimate of drug-likeness (QED) is 0.794. The Morgan fingerprint density at radius 2 is 1.76 bits per heavy atom. The first-order valence-corrected chi connectivity index (χ1v) is 7.18. The fraction of sp³-hybridized carbons (Fsp3) is 0.500. The number of halogens is 4. The van der Waals surface area contributed by atoms with Gasteiger partial charge in [-0.2, -0.15) is 13.2 Å². The Bertz CT molecular complexity index is 511. The molecule has 1 aliphatic heterocycles. The maximum atomic E-state index is 12.7. The van der Waals surface area contributed by atoms with Gasteiger partial charge in [-0.25, -0.2) is 4.79 Å². The highest BCUT2D eigenvalue weighted by Crippen LogP contribution is 2.33. The highest BCUT2D eigenvalue weighted by Gasteiger charge is 2.31. The van der Waals surface area contributed by atoms with Crippen molar-refractivity contribution in [2.45, 2.75) is 31.9 Å². The number of rotatable bonds is 1. The molecule has 2 amide bonds. The van der Waals surface area contributed by atoms with Gasteiger partial charge in [-0.1, -0.05) is 24.4 Å². The number of benzene rings is 1. The van der Waals surface area contributed by atoms with Crippen molar-refractivity contribution in [3.63, 3.8) is 0 Å². The van der Waals surface area contributed by atoms with Crippen molar-refractivity contribution in [2.24, 2.45) is 0 Å². The summed E-state index contributed by atoms with van der Waals surface area (Å²) in [7, 11) is 0. The molecule has 1 aromatic rings. The third-order valence-corrected chi connectivity index (χ3v) is 3.76. The standard InChI is InChI=1S/C14H16ClF3N2O/c15-11-6-5-10(14(16,17)18)9-12(11)19-13(21)20-7-3-1-2-4-8-20/h5-6,9H,1-4,7-8H2,(H,19,21). The number of hydrogen-bond acceptors (Lipinski definition) is 1. The van der Waals surface area contributed by atoms with E-state index in [0.29, 0.717) is 13.1 Å². The van der Waals surface area contributed by atoms with Crippen LogP contribution in [0.3, 0.4) is 0 Å². The smallest absolute Gasteiger partial charge is 0.325 e. The second kappa shape index (κ2) is 6.56. The fourth-order valence-corrected chi connectivity index (χ4v) is 2.43. The van der Waals surface area contributed by atoms with Crippen LogP contribution in [0.25, 0.3) is 0 Å². The number of hydrogen-bond donors (Lipinski definition) is 1. The van der Waals surface area contributed by atoms with Crippen LogP contribution in [0.15, 0.2) is 18.2 Å². The summed E-state index contributed by atoms with van der Waals surface area (Å²) < 4.78 is 38.0. The van der Waals surface area contributed by atoms with Crippen LogP contribution in [0.2, 0.25) is 5.02 Å². The molecule has 0 radical (unpaired) electrons. The van der Waals surface area contributed by atoms with Gasteiger partial charge in [-0.15, -0.1) is 0 Å². The Hall–Kier alpha value is -1.43. The molecule has 0 unspecified atom stereocenters.